The molecule has 96 valence electrons. The van der Waals surface area contributed by atoms with Crippen LogP contribution >= 0.6 is 0 Å². The number of nitrogens with two attached hydrogens (primary N) is 1. The fraction of sp³-hybridized carbons (Fsp3) is 0.833. The second-order valence-corrected chi connectivity index (χ2v) is 4.80. The molecule has 1 aliphatic rings. The first-order chi connectivity index (χ1) is 8.18. The zero-order chi connectivity index (χ0) is 12.3. The van der Waals surface area contributed by atoms with E-state index in [0.29, 0.717) is 5.89 Å². The number of hydrogen-bond donors (Lipinski definition) is 1. The van der Waals surface area contributed by atoms with Crippen molar-refractivity contribution in [3.63, 3.8) is 0 Å². The van der Waals surface area contributed by atoms with Crippen molar-refractivity contribution in [2.45, 2.75) is 45.1 Å². The topological polar surface area (TPSA) is 68.2 Å². The van der Waals surface area contributed by atoms with Crippen LogP contribution in [0.1, 0.15) is 44.8 Å². The summed E-state index contributed by atoms with van der Waals surface area (Å²) in [6.07, 6.45) is 3.92. The molecule has 5 heteroatoms. The van der Waals surface area contributed by atoms with E-state index in [0.717, 1.165) is 51.1 Å². The maximum atomic E-state index is 6.14. The maximum absolute atomic E-state index is 6.14. The average Bonchev–Trinajstić information content (AvgIpc) is 2.76. The first-order valence-electron chi connectivity index (χ1n) is 6.52. The van der Waals surface area contributed by atoms with Gasteiger partial charge in [0.2, 0.25) is 5.89 Å². The molecule has 5 nitrogen and oxygen atoms in total. The van der Waals surface area contributed by atoms with E-state index < -0.39 is 0 Å². The smallest absolute Gasteiger partial charge is 0.246 e. The van der Waals surface area contributed by atoms with E-state index in [1.807, 2.05) is 0 Å². The third-order valence-corrected chi connectivity index (χ3v) is 3.69. The molecule has 0 saturated heterocycles. The summed E-state index contributed by atoms with van der Waals surface area (Å²) in [5.74, 6) is 1.40. The van der Waals surface area contributed by atoms with E-state index in [1.54, 1.807) is 0 Å². The number of likely N-dealkylation sites (N-methyl/N-ethyl adjacent to an activating group) is 1. The Bertz CT molecular complexity index is 355. The Hall–Kier alpha value is -0.940. The van der Waals surface area contributed by atoms with Gasteiger partial charge in [-0.25, -0.2) is 0 Å². The minimum Gasteiger partial charge on any atom is -0.337 e. The first kappa shape index (κ1) is 12.5. The molecular formula is C12H22N4O. The predicted octanol–water partition coefficient (Wildman–Crippen LogP) is 1.29. The highest BCUT2D eigenvalue weighted by atomic mass is 16.5. The Morgan fingerprint density at radius 3 is 2.59 bits per heavy atom. The molecule has 1 saturated carbocycles. The van der Waals surface area contributed by atoms with Gasteiger partial charge in [-0.2, -0.15) is 4.98 Å². The van der Waals surface area contributed by atoms with E-state index in [2.05, 4.69) is 28.9 Å². The molecule has 0 bridgehead atoms. The van der Waals surface area contributed by atoms with E-state index in [1.165, 1.54) is 0 Å². The lowest BCUT2D eigenvalue weighted by Crippen LogP contribution is -2.43. The summed E-state index contributed by atoms with van der Waals surface area (Å²) in [6, 6.07) is 0. The number of aromatic nitrogens is 2. The molecule has 17 heavy (non-hydrogen) atoms. The summed E-state index contributed by atoms with van der Waals surface area (Å²) < 4.78 is 5.27. The zero-order valence-electron chi connectivity index (χ0n) is 10.8. The van der Waals surface area contributed by atoms with Gasteiger partial charge in [0, 0.05) is 13.0 Å². The minimum absolute atomic E-state index is 0.333. The number of rotatable bonds is 6. The van der Waals surface area contributed by atoms with Gasteiger partial charge in [-0.15, -0.1) is 0 Å². The van der Waals surface area contributed by atoms with Crippen molar-refractivity contribution in [1.29, 1.82) is 0 Å². The maximum Gasteiger partial charge on any atom is 0.246 e. The highest BCUT2D eigenvalue weighted by Crippen LogP contribution is 2.37. The lowest BCUT2D eigenvalue weighted by molar-refractivity contribution is 0.181. The van der Waals surface area contributed by atoms with Crippen LogP contribution in [0.4, 0.5) is 0 Å². The molecular weight excluding hydrogens is 216 g/mol. The molecule has 1 aromatic heterocycles. The van der Waals surface area contributed by atoms with Crippen molar-refractivity contribution in [3.05, 3.63) is 11.7 Å². The van der Waals surface area contributed by atoms with Crippen LogP contribution in [-0.2, 0) is 12.0 Å². The molecule has 0 atom stereocenters. The monoisotopic (exact) mass is 238 g/mol. The van der Waals surface area contributed by atoms with Crippen molar-refractivity contribution in [3.8, 4) is 0 Å². The summed E-state index contributed by atoms with van der Waals surface area (Å²) in [6.45, 7) is 7.41. The van der Waals surface area contributed by atoms with Crippen LogP contribution < -0.4 is 5.73 Å². The molecule has 1 fully saturated rings. The van der Waals surface area contributed by atoms with Crippen molar-refractivity contribution in [2.75, 3.05) is 19.6 Å². The van der Waals surface area contributed by atoms with E-state index in [4.69, 9.17) is 10.3 Å². The summed E-state index contributed by atoms with van der Waals surface area (Å²) in [5.41, 5.74) is 5.81. The Morgan fingerprint density at radius 2 is 2.06 bits per heavy atom. The fourth-order valence-electron chi connectivity index (χ4n) is 2.13. The van der Waals surface area contributed by atoms with Gasteiger partial charge in [-0.3, -0.25) is 0 Å². The molecule has 2 rings (SSSR count). The molecule has 0 aliphatic heterocycles. The average molecular weight is 238 g/mol. The van der Waals surface area contributed by atoms with Crippen LogP contribution in [0.2, 0.25) is 0 Å². The van der Waals surface area contributed by atoms with Crippen molar-refractivity contribution in [2.24, 2.45) is 5.73 Å². The van der Waals surface area contributed by atoms with Gasteiger partial charge >= 0.3 is 0 Å². The number of nitrogens with zero attached hydrogens (tertiary/aromatic N) is 3. The first-order valence-corrected chi connectivity index (χ1v) is 6.52. The van der Waals surface area contributed by atoms with Crippen LogP contribution in [0.15, 0.2) is 4.52 Å². The molecule has 0 unspecified atom stereocenters. The highest BCUT2D eigenvalue weighted by Gasteiger charge is 2.39. The largest absolute Gasteiger partial charge is 0.337 e. The predicted molar refractivity (Wildman–Crippen MR) is 65.5 cm³/mol. The summed E-state index contributed by atoms with van der Waals surface area (Å²) >= 11 is 0. The van der Waals surface area contributed by atoms with Crippen molar-refractivity contribution in [1.82, 2.24) is 15.0 Å². The Balaban J connectivity index is 1.90. The quantitative estimate of drug-likeness (QED) is 0.809. The van der Waals surface area contributed by atoms with Gasteiger partial charge in [-0.05, 0) is 32.4 Å². The third-order valence-electron chi connectivity index (χ3n) is 3.69. The van der Waals surface area contributed by atoms with Crippen LogP contribution in [-0.4, -0.2) is 34.7 Å². The zero-order valence-corrected chi connectivity index (χ0v) is 10.8. The fourth-order valence-corrected chi connectivity index (χ4v) is 2.13. The third kappa shape index (κ3) is 2.66. The van der Waals surface area contributed by atoms with Gasteiger partial charge in [0.05, 0.1) is 5.54 Å². The van der Waals surface area contributed by atoms with Gasteiger partial charge in [0.15, 0.2) is 5.82 Å². The molecule has 0 aromatic carbocycles. The summed E-state index contributed by atoms with van der Waals surface area (Å²) in [5, 5.41) is 4.01. The van der Waals surface area contributed by atoms with Crippen LogP contribution in [0, 0.1) is 0 Å². The lowest BCUT2D eigenvalue weighted by Gasteiger charge is -2.33. The molecule has 0 radical (unpaired) electrons. The SMILES string of the molecule is CCN(CC)CCc1noc(C2(N)CCC2)n1. The van der Waals surface area contributed by atoms with Gasteiger partial charge in [0.25, 0.3) is 0 Å². The minimum atomic E-state index is -0.333. The summed E-state index contributed by atoms with van der Waals surface area (Å²) in [4.78, 5) is 6.76. The second kappa shape index (κ2) is 5.14. The van der Waals surface area contributed by atoms with E-state index >= 15 is 0 Å². The normalized spacial score (nSPS) is 18.4. The van der Waals surface area contributed by atoms with E-state index in [9.17, 15) is 0 Å². The molecule has 1 aliphatic carbocycles. The lowest BCUT2D eigenvalue weighted by atomic mass is 9.78. The van der Waals surface area contributed by atoms with Crippen molar-refractivity contribution < 1.29 is 4.52 Å². The van der Waals surface area contributed by atoms with E-state index in [-0.39, 0.29) is 5.54 Å². The Labute approximate surface area is 102 Å². The second-order valence-electron chi connectivity index (χ2n) is 4.80. The standard InChI is InChI=1S/C12H22N4O/c1-3-16(4-2)9-6-10-14-11(17-15-10)12(13)7-5-8-12/h3-9,13H2,1-2H3. The Morgan fingerprint density at radius 1 is 1.35 bits per heavy atom. The molecule has 1 aromatic rings. The summed E-state index contributed by atoms with van der Waals surface area (Å²) in [7, 11) is 0. The van der Waals surface area contributed by atoms with Gasteiger partial charge in [0.1, 0.15) is 0 Å². The van der Waals surface area contributed by atoms with Crippen LogP contribution in [0.5, 0.6) is 0 Å². The van der Waals surface area contributed by atoms with Crippen LogP contribution in [0.3, 0.4) is 0 Å². The van der Waals surface area contributed by atoms with Gasteiger partial charge in [-0.1, -0.05) is 19.0 Å². The Kier molecular flexibility index (Phi) is 3.79. The molecule has 2 N–H and O–H groups in total. The molecule has 1 heterocycles. The highest BCUT2D eigenvalue weighted by molar-refractivity contribution is 5.07. The molecule has 0 spiro atoms. The number of hydrogen-bond acceptors (Lipinski definition) is 5. The molecule has 0 amide bonds. The van der Waals surface area contributed by atoms with Gasteiger partial charge < -0.3 is 15.2 Å². The van der Waals surface area contributed by atoms with Crippen molar-refractivity contribution >= 4 is 0 Å². The van der Waals surface area contributed by atoms with Crippen LogP contribution in [0.25, 0.3) is 0 Å².